The van der Waals surface area contributed by atoms with Crippen LogP contribution in [0.15, 0.2) is 82.5 Å². The van der Waals surface area contributed by atoms with Gasteiger partial charge in [0, 0.05) is 45.3 Å². The maximum atomic E-state index is 14.7. The molecule has 3 heterocycles. The van der Waals surface area contributed by atoms with Crippen molar-refractivity contribution in [3.8, 4) is 11.8 Å². The second-order valence-electron chi connectivity index (χ2n) is 11.8. The van der Waals surface area contributed by atoms with Gasteiger partial charge in [0.25, 0.3) is 15.9 Å². The summed E-state index contributed by atoms with van der Waals surface area (Å²) in [5, 5.41) is 9.75. The summed E-state index contributed by atoms with van der Waals surface area (Å²) < 4.78 is 35.3. The van der Waals surface area contributed by atoms with E-state index in [0.717, 1.165) is 49.5 Å². The van der Waals surface area contributed by atoms with Crippen LogP contribution in [0, 0.1) is 11.3 Å². The lowest BCUT2D eigenvalue weighted by Gasteiger charge is -2.43. The third-order valence-electron chi connectivity index (χ3n) is 9.25. The van der Waals surface area contributed by atoms with Gasteiger partial charge in [-0.05, 0) is 67.4 Å². The summed E-state index contributed by atoms with van der Waals surface area (Å²) in [5.74, 6) is 0.183. The monoisotopic (exact) mass is 642 g/mol. The second kappa shape index (κ2) is 13.1. The lowest BCUT2D eigenvalue weighted by atomic mass is 9.99. The summed E-state index contributed by atoms with van der Waals surface area (Å²) >= 11 is 0. The Labute approximate surface area is 268 Å². The van der Waals surface area contributed by atoms with Gasteiger partial charge in [0.05, 0.1) is 34.7 Å². The van der Waals surface area contributed by atoms with Crippen molar-refractivity contribution < 1.29 is 17.9 Å². The fourth-order valence-corrected chi connectivity index (χ4v) is 8.10. The quantitative estimate of drug-likeness (QED) is 0.288. The number of carbonyl (C=O) groups is 1. The first-order valence-corrected chi connectivity index (χ1v) is 17.1. The summed E-state index contributed by atoms with van der Waals surface area (Å²) in [6, 6.07) is 20.3. The standard InChI is InChI=1S/C34H38N6O5S/c1-3-36-18-20-37(21-19-36)27-10-7-17-38(24-27)33(41)32(26-8-5-4-6-9-26)39-31-22-25(23-35)11-16-30(31)40(34(39)42)46(43,44)29-14-12-28(45-2)13-15-29/h4-6,8-9,11-16,22,27,32H,3,7,10,17-21,24H2,1-2H3/t27-,32?/m0/s1. The zero-order valence-electron chi connectivity index (χ0n) is 26.1. The molecular formula is C34H38N6O5S. The number of hydrogen-bond acceptors (Lipinski definition) is 8. The third kappa shape index (κ3) is 5.82. The third-order valence-corrected chi connectivity index (χ3v) is 10.9. The van der Waals surface area contributed by atoms with E-state index in [1.165, 1.54) is 54.1 Å². The minimum absolute atomic E-state index is 0.0823. The summed E-state index contributed by atoms with van der Waals surface area (Å²) in [5.41, 5.74) is 0.180. The number of aromatic nitrogens is 2. The van der Waals surface area contributed by atoms with Crippen LogP contribution in [0.2, 0.25) is 0 Å². The lowest BCUT2D eigenvalue weighted by molar-refractivity contribution is -0.136. The molecular weight excluding hydrogens is 604 g/mol. The first kappa shape index (κ1) is 31.5. The van der Waals surface area contributed by atoms with Crippen LogP contribution < -0.4 is 10.4 Å². The molecule has 3 aromatic carbocycles. The molecule has 0 aliphatic carbocycles. The van der Waals surface area contributed by atoms with Crippen LogP contribution in [-0.2, 0) is 14.8 Å². The molecule has 2 atom stereocenters. The molecule has 4 aromatic rings. The molecule has 2 aliphatic heterocycles. The number of nitriles is 1. The molecule has 11 nitrogen and oxygen atoms in total. The Morgan fingerprint density at radius 2 is 1.70 bits per heavy atom. The molecule has 240 valence electrons. The van der Waals surface area contributed by atoms with Crippen molar-refractivity contribution in [2.75, 3.05) is 52.9 Å². The van der Waals surface area contributed by atoms with E-state index in [-0.39, 0.29) is 33.4 Å². The summed E-state index contributed by atoms with van der Waals surface area (Å²) in [7, 11) is -2.93. The van der Waals surface area contributed by atoms with E-state index in [4.69, 9.17) is 4.74 Å². The molecule has 2 aliphatic rings. The van der Waals surface area contributed by atoms with E-state index < -0.39 is 21.8 Å². The zero-order valence-corrected chi connectivity index (χ0v) is 26.9. The average molecular weight is 643 g/mol. The molecule has 0 N–H and O–H groups in total. The van der Waals surface area contributed by atoms with Crippen molar-refractivity contribution in [1.29, 1.82) is 5.26 Å². The fraction of sp³-hybridized carbons (Fsp3) is 0.382. The Morgan fingerprint density at radius 3 is 2.35 bits per heavy atom. The first-order valence-electron chi connectivity index (χ1n) is 15.6. The number of fused-ring (bicyclic) bond motifs is 1. The number of nitrogens with zero attached hydrogens (tertiary/aromatic N) is 6. The number of piperidine rings is 1. The largest absolute Gasteiger partial charge is 0.497 e. The molecule has 1 unspecified atom stereocenters. The minimum Gasteiger partial charge on any atom is -0.497 e. The Bertz CT molecular complexity index is 1920. The minimum atomic E-state index is -4.41. The number of imidazole rings is 1. The highest BCUT2D eigenvalue weighted by atomic mass is 32.2. The molecule has 0 bridgehead atoms. The van der Waals surface area contributed by atoms with E-state index in [1.807, 2.05) is 11.0 Å². The number of amides is 1. The van der Waals surface area contributed by atoms with Crippen LogP contribution in [0.3, 0.4) is 0 Å². The summed E-state index contributed by atoms with van der Waals surface area (Å²) in [6.45, 7) is 8.11. The molecule has 0 radical (unpaired) electrons. The Hall–Kier alpha value is -4.44. The van der Waals surface area contributed by atoms with Crippen molar-refractivity contribution in [2.45, 2.75) is 36.7 Å². The van der Waals surface area contributed by atoms with Gasteiger partial charge in [-0.2, -0.15) is 9.23 Å². The van der Waals surface area contributed by atoms with Crippen LogP contribution in [0.5, 0.6) is 5.75 Å². The molecule has 46 heavy (non-hydrogen) atoms. The van der Waals surface area contributed by atoms with E-state index in [9.17, 15) is 23.3 Å². The molecule has 0 spiro atoms. The maximum Gasteiger partial charge on any atom is 0.344 e. The zero-order chi connectivity index (χ0) is 32.4. The van der Waals surface area contributed by atoms with E-state index >= 15 is 0 Å². The molecule has 2 fully saturated rings. The van der Waals surface area contributed by atoms with E-state index in [1.54, 1.807) is 24.3 Å². The highest BCUT2D eigenvalue weighted by Crippen LogP contribution is 2.30. The van der Waals surface area contributed by atoms with Crippen molar-refractivity contribution in [2.24, 2.45) is 0 Å². The number of ether oxygens (including phenoxy) is 1. The van der Waals surface area contributed by atoms with Gasteiger partial charge in [-0.25, -0.2) is 13.2 Å². The highest BCUT2D eigenvalue weighted by Gasteiger charge is 2.37. The number of likely N-dealkylation sites (tertiary alicyclic amines) is 1. The molecule has 0 saturated carbocycles. The van der Waals surface area contributed by atoms with Gasteiger partial charge in [-0.15, -0.1) is 0 Å². The van der Waals surface area contributed by atoms with Gasteiger partial charge in [-0.1, -0.05) is 37.3 Å². The van der Waals surface area contributed by atoms with Crippen molar-refractivity contribution in [3.63, 3.8) is 0 Å². The first-order chi connectivity index (χ1) is 22.3. The van der Waals surface area contributed by atoms with Crippen molar-refractivity contribution >= 4 is 27.0 Å². The number of likely N-dealkylation sites (N-methyl/N-ethyl adjacent to an activating group) is 1. The number of hydrogen-bond donors (Lipinski definition) is 0. The number of carbonyl (C=O) groups excluding carboxylic acids is 1. The van der Waals surface area contributed by atoms with Crippen LogP contribution in [0.4, 0.5) is 0 Å². The Morgan fingerprint density at radius 1 is 0.978 bits per heavy atom. The molecule has 6 rings (SSSR count). The number of rotatable bonds is 8. The number of benzene rings is 3. The Balaban J connectivity index is 1.46. The van der Waals surface area contributed by atoms with Gasteiger partial charge in [0.2, 0.25) is 0 Å². The number of piperazine rings is 1. The normalized spacial score (nSPS) is 18.7. The van der Waals surface area contributed by atoms with Crippen LogP contribution >= 0.6 is 0 Å². The fourth-order valence-electron chi connectivity index (χ4n) is 6.70. The van der Waals surface area contributed by atoms with Crippen LogP contribution in [-0.4, -0.2) is 96.5 Å². The molecule has 1 aromatic heterocycles. The van der Waals surface area contributed by atoms with Crippen molar-refractivity contribution in [3.05, 3.63) is 94.4 Å². The molecule has 2 saturated heterocycles. The van der Waals surface area contributed by atoms with Gasteiger partial charge >= 0.3 is 5.69 Å². The maximum absolute atomic E-state index is 14.7. The SMILES string of the molecule is CCN1CCN([C@H]2CCCN(C(=O)C(c3ccccc3)n3c(=O)n(S(=O)(=O)c4ccc(OC)cc4)c4ccc(C#N)cc43)C2)CC1. The summed E-state index contributed by atoms with van der Waals surface area (Å²) in [6.07, 6.45) is 1.81. The second-order valence-corrected chi connectivity index (χ2v) is 13.6. The lowest BCUT2D eigenvalue weighted by Crippen LogP contribution is -2.56. The molecule has 1 amide bonds. The Kier molecular flexibility index (Phi) is 8.99. The van der Waals surface area contributed by atoms with Gasteiger partial charge in [0.1, 0.15) is 11.8 Å². The predicted octanol–water partition coefficient (Wildman–Crippen LogP) is 3.14. The average Bonchev–Trinajstić information content (AvgIpc) is 3.40. The van der Waals surface area contributed by atoms with Crippen LogP contribution in [0.1, 0.15) is 36.9 Å². The smallest absolute Gasteiger partial charge is 0.344 e. The van der Waals surface area contributed by atoms with Crippen molar-refractivity contribution in [1.82, 2.24) is 23.2 Å². The molecule has 12 heteroatoms. The van der Waals surface area contributed by atoms with E-state index in [2.05, 4.69) is 22.8 Å². The topological polar surface area (TPSA) is 121 Å². The summed E-state index contributed by atoms with van der Waals surface area (Å²) in [4.78, 5) is 35.7. The van der Waals surface area contributed by atoms with Gasteiger partial charge in [0.15, 0.2) is 0 Å². The van der Waals surface area contributed by atoms with Crippen LogP contribution in [0.25, 0.3) is 11.0 Å². The van der Waals surface area contributed by atoms with Gasteiger partial charge in [-0.3, -0.25) is 14.3 Å². The highest BCUT2D eigenvalue weighted by molar-refractivity contribution is 7.90. The number of methoxy groups -OCH3 is 1. The predicted molar refractivity (Wildman–Crippen MR) is 174 cm³/mol. The van der Waals surface area contributed by atoms with Gasteiger partial charge < -0.3 is 14.5 Å². The van der Waals surface area contributed by atoms with E-state index in [0.29, 0.717) is 24.4 Å².